The molecule has 216 valence electrons. The highest BCUT2D eigenvalue weighted by atomic mass is 16.3. The molecule has 2 aromatic rings. The van der Waals surface area contributed by atoms with Crippen LogP contribution in [0.3, 0.4) is 0 Å². The normalized spacial score (nSPS) is 15.9. The number of hydrogen-bond donors (Lipinski definition) is 4. The number of allylic oxidation sites excluding steroid dienone is 3. The van der Waals surface area contributed by atoms with Gasteiger partial charge in [-0.3, -0.25) is 0 Å². The number of pyridine rings is 1. The molecule has 39 heavy (non-hydrogen) atoms. The van der Waals surface area contributed by atoms with Crippen LogP contribution in [0.2, 0.25) is 0 Å². The summed E-state index contributed by atoms with van der Waals surface area (Å²) >= 11 is 0. The Morgan fingerprint density at radius 3 is 2.36 bits per heavy atom. The first-order chi connectivity index (χ1) is 18.3. The van der Waals surface area contributed by atoms with E-state index in [1.165, 1.54) is 5.57 Å². The number of aromatic nitrogens is 3. The van der Waals surface area contributed by atoms with Crippen molar-refractivity contribution in [3.05, 3.63) is 41.7 Å². The molecule has 0 aliphatic carbocycles. The molecule has 0 spiro atoms. The highest BCUT2D eigenvalue weighted by molar-refractivity contribution is 5.83. The van der Waals surface area contributed by atoms with Gasteiger partial charge < -0.3 is 25.7 Å². The number of hydrogen-bond acceptors (Lipinski definition) is 8. The zero-order chi connectivity index (χ0) is 29.2. The van der Waals surface area contributed by atoms with Crippen LogP contribution in [0.4, 0.5) is 23.3 Å². The van der Waals surface area contributed by atoms with Crippen molar-refractivity contribution >= 4 is 34.9 Å². The molecule has 1 atom stereocenters. The lowest BCUT2D eigenvalue weighted by Crippen LogP contribution is -2.60. The second kappa shape index (κ2) is 14.4. The Labute approximate surface area is 235 Å². The van der Waals surface area contributed by atoms with E-state index in [1.807, 2.05) is 24.8 Å². The average molecular weight is 539 g/mol. The number of aliphatic hydroxyl groups excluding tert-OH is 1. The lowest BCUT2D eigenvalue weighted by Gasteiger charge is -2.44. The van der Waals surface area contributed by atoms with Crippen LogP contribution in [-0.2, 0) is 0 Å². The SMILES string of the molecule is CC/C=C(\C)c1c(/C=C\C(C)CC)cc(Nc2cc(N3CC(C)(O)C3)ncn2)nc1NC(C)(C)C.CCCO. The summed E-state index contributed by atoms with van der Waals surface area (Å²) in [6.07, 6.45) is 11.2. The van der Waals surface area contributed by atoms with Crippen molar-refractivity contribution in [3.8, 4) is 0 Å². The highest BCUT2D eigenvalue weighted by Gasteiger charge is 2.37. The van der Waals surface area contributed by atoms with E-state index in [2.05, 4.69) is 93.4 Å². The zero-order valence-corrected chi connectivity index (χ0v) is 25.5. The van der Waals surface area contributed by atoms with E-state index >= 15 is 0 Å². The summed E-state index contributed by atoms with van der Waals surface area (Å²) in [5, 5.41) is 25.0. The summed E-state index contributed by atoms with van der Waals surface area (Å²) in [7, 11) is 0. The third kappa shape index (κ3) is 10.3. The van der Waals surface area contributed by atoms with Gasteiger partial charge in [-0.05, 0) is 70.6 Å². The number of anilines is 4. The Kier molecular flexibility index (Phi) is 11.9. The van der Waals surface area contributed by atoms with Gasteiger partial charge in [-0.15, -0.1) is 0 Å². The van der Waals surface area contributed by atoms with Crippen LogP contribution in [-0.4, -0.2) is 56.0 Å². The van der Waals surface area contributed by atoms with E-state index in [1.54, 1.807) is 6.33 Å². The predicted octanol–water partition coefficient (Wildman–Crippen LogP) is 6.66. The van der Waals surface area contributed by atoms with Gasteiger partial charge in [0.05, 0.1) is 5.60 Å². The Balaban J connectivity index is 0.00000124. The van der Waals surface area contributed by atoms with Crippen molar-refractivity contribution in [2.75, 3.05) is 35.2 Å². The largest absolute Gasteiger partial charge is 0.396 e. The third-order valence-corrected chi connectivity index (χ3v) is 6.22. The first-order valence-electron chi connectivity index (χ1n) is 14.2. The fourth-order valence-electron chi connectivity index (χ4n) is 4.09. The summed E-state index contributed by atoms with van der Waals surface area (Å²) in [5.41, 5.74) is 2.63. The summed E-state index contributed by atoms with van der Waals surface area (Å²) in [5.74, 6) is 3.51. The average Bonchev–Trinajstić information content (AvgIpc) is 2.85. The number of aliphatic hydroxyl groups is 2. The van der Waals surface area contributed by atoms with Crippen molar-refractivity contribution in [3.63, 3.8) is 0 Å². The number of β-amino-alcohol motifs (C(OH)–C–C–N with tert-alkyl or cyclic N) is 1. The molecular weight excluding hydrogens is 488 g/mol. The molecule has 0 aromatic carbocycles. The van der Waals surface area contributed by atoms with Gasteiger partial charge in [-0.25, -0.2) is 15.0 Å². The molecule has 1 aliphatic heterocycles. The fourth-order valence-corrected chi connectivity index (χ4v) is 4.09. The number of nitrogens with zero attached hydrogens (tertiary/aromatic N) is 4. The Bertz CT molecular complexity index is 1110. The zero-order valence-electron chi connectivity index (χ0n) is 25.5. The summed E-state index contributed by atoms with van der Waals surface area (Å²) in [4.78, 5) is 15.8. The van der Waals surface area contributed by atoms with Crippen LogP contribution in [0.25, 0.3) is 11.6 Å². The van der Waals surface area contributed by atoms with Crippen LogP contribution in [0.5, 0.6) is 0 Å². The smallest absolute Gasteiger partial charge is 0.137 e. The van der Waals surface area contributed by atoms with E-state index < -0.39 is 5.60 Å². The van der Waals surface area contributed by atoms with Gasteiger partial charge in [0.15, 0.2) is 0 Å². The lowest BCUT2D eigenvalue weighted by molar-refractivity contribution is 0.0305. The van der Waals surface area contributed by atoms with Gasteiger partial charge in [0.2, 0.25) is 0 Å². The number of nitrogens with one attached hydrogen (secondary N) is 2. The molecule has 1 saturated heterocycles. The quantitative estimate of drug-likeness (QED) is 0.266. The third-order valence-electron chi connectivity index (χ3n) is 6.22. The molecule has 0 saturated carbocycles. The molecule has 8 nitrogen and oxygen atoms in total. The molecule has 1 aliphatic rings. The van der Waals surface area contributed by atoms with Gasteiger partial charge in [0, 0.05) is 36.9 Å². The van der Waals surface area contributed by atoms with E-state index in [0.717, 1.165) is 42.0 Å². The van der Waals surface area contributed by atoms with Crippen LogP contribution in [0.15, 0.2) is 30.6 Å². The minimum Gasteiger partial charge on any atom is -0.396 e. The molecule has 1 fully saturated rings. The van der Waals surface area contributed by atoms with Gasteiger partial charge in [0.1, 0.15) is 29.6 Å². The Hall–Kier alpha value is -2.97. The van der Waals surface area contributed by atoms with Crippen LogP contribution in [0, 0.1) is 5.92 Å². The molecule has 2 aromatic heterocycles. The minimum atomic E-state index is -0.663. The van der Waals surface area contributed by atoms with Gasteiger partial charge in [0.25, 0.3) is 0 Å². The van der Waals surface area contributed by atoms with Crippen LogP contribution in [0.1, 0.15) is 92.7 Å². The molecular formula is C31H50N6O2. The van der Waals surface area contributed by atoms with Crippen molar-refractivity contribution < 1.29 is 10.2 Å². The second-order valence-corrected chi connectivity index (χ2v) is 11.7. The topological polar surface area (TPSA) is 106 Å². The first-order valence-corrected chi connectivity index (χ1v) is 14.2. The molecule has 0 bridgehead atoms. The maximum atomic E-state index is 10.1. The van der Waals surface area contributed by atoms with Crippen molar-refractivity contribution in [2.24, 2.45) is 5.92 Å². The Morgan fingerprint density at radius 1 is 1.15 bits per heavy atom. The molecule has 8 heteroatoms. The molecule has 4 N–H and O–H groups in total. The van der Waals surface area contributed by atoms with Crippen molar-refractivity contribution in [1.29, 1.82) is 0 Å². The van der Waals surface area contributed by atoms with Gasteiger partial charge in [-0.1, -0.05) is 52.3 Å². The molecule has 0 amide bonds. The molecule has 3 heterocycles. The summed E-state index contributed by atoms with van der Waals surface area (Å²) < 4.78 is 0. The molecule has 3 rings (SSSR count). The van der Waals surface area contributed by atoms with E-state index in [0.29, 0.717) is 37.3 Å². The lowest BCUT2D eigenvalue weighted by atomic mass is 9.97. The monoisotopic (exact) mass is 538 g/mol. The van der Waals surface area contributed by atoms with Crippen LogP contribution >= 0.6 is 0 Å². The standard InChI is InChI=1S/C28H42N6O.C3H8O/c1-9-11-20(4)25-21(13-12-19(3)10-2)14-23(32-26(25)33-27(5,6)7)31-22-15-24(30-18-29-22)34-16-28(8,35)17-34;1-2-3-4/h11-15,18-19,35H,9-10,16-17H2,1-8H3,(H2,29,30,31,32,33);4H,2-3H2,1H3/b13-12-,20-11+;. The Morgan fingerprint density at radius 2 is 1.82 bits per heavy atom. The molecule has 1 unspecified atom stereocenters. The van der Waals surface area contributed by atoms with E-state index in [9.17, 15) is 5.11 Å². The van der Waals surface area contributed by atoms with E-state index in [-0.39, 0.29) is 5.54 Å². The highest BCUT2D eigenvalue weighted by Crippen LogP contribution is 2.33. The fraction of sp³-hybridized carbons (Fsp3) is 0.581. The first kappa shape index (κ1) is 32.2. The van der Waals surface area contributed by atoms with Gasteiger partial charge >= 0.3 is 0 Å². The van der Waals surface area contributed by atoms with Crippen molar-refractivity contribution in [1.82, 2.24) is 15.0 Å². The minimum absolute atomic E-state index is 0.152. The number of rotatable bonds is 10. The summed E-state index contributed by atoms with van der Waals surface area (Å²) in [6, 6.07) is 3.99. The van der Waals surface area contributed by atoms with Gasteiger partial charge in [-0.2, -0.15) is 0 Å². The second-order valence-electron chi connectivity index (χ2n) is 11.7. The summed E-state index contributed by atoms with van der Waals surface area (Å²) in [6.45, 7) is 20.4. The van der Waals surface area contributed by atoms with Crippen molar-refractivity contribution in [2.45, 2.75) is 92.7 Å². The maximum absolute atomic E-state index is 10.1. The van der Waals surface area contributed by atoms with E-state index in [4.69, 9.17) is 10.1 Å². The van der Waals surface area contributed by atoms with Crippen LogP contribution < -0.4 is 15.5 Å². The molecule has 0 radical (unpaired) electrons. The maximum Gasteiger partial charge on any atom is 0.137 e. The predicted molar refractivity (Wildman–Crippen MR) is 166 cm³/mol.